The lowest BCUT2D eigenvalue weighted by Gasteiger charge is -2.14. The van der Waals surface area contributed by atoms with Gasteiger partial charge in [0, 0.05) is 6.04 Å². The van der Waals surface area contributed by atoms with Crippen LogP contribution in [-0.4, -0.2) is 6.04 Å². The molecular weight excluding hydrogens is 177 g/mol. The third kappa shape index (κ3) is 3.89. The molecule has 0 fully saturated rings. The molecule has 1 nitrogen and oxygen atoms in total. The van der Waals surface area contributed by atoms with E-state index in [1.165, 1.54) is 18.4 Å². The number of hydrogen-bond acceptors (Lipinski definition) is 1. The molecule has 0 saturated heterocycles. The van der Waals surface area contributed by atoms with Crippen molar-refractivity contribution in [3.8, 4) is 0 Å². The van der Waals surface area contributed by atoms with E-state index in [0.717, 1.165) is 6.42 Å². The summed E-state index contributed by atoms with van der Waals surface area (Å²) in [5.74, 6) is 0. The molecule has 0 saturated carbocycles. The minimum absolute atomic E-state index is 0.595. The van der Waals surface area contributed by atoms with Gasteiger partial charge in [-0.15, -0.1) is 0 Å². The highest BCUT2D eigenvalue weighted by Gasteiger charge is 2.04. The van der Waals surface area contributed by atoms with Gasteiger partial charge >= 0.3 is 0 Å². The molecule has 0 radical (unpaired) electrons. The Hall–Kier alpha value is -0.390. The van der Waals surface area contributed by atoms with Crippen molar-refractivity contribution in [3.63, 3.8) is 0 Å². The van der Waals surface area contributed by atoms with Crippen molar-refractivity contribution in [2.24, 2.45) is 0 Å². The van der Waals surface area contributed by atoms with E-state index in [2.05, 4.69) is 51.7 Å². The molecule has 13 heavy (non-hydrogen) atoms. The molecule has 0 amide bonds. The molecule has 1 N–H and O–H groups in total. The largest absolute Gasteiger partial charge is 0.297 e. The quantitative estimate of drug-likeness (QED) is 0.712. The first-order chi connectivity index (χ1) is 6.36. The second kappa shape index (κ2) is 6.12. The van der Waals surface area contributed by atoms with E-state index in [4.69, 9.17) is 0 Å². The fraction of sp³-hybridized carbons (Fsp3) is 0.455. The van der Waals surface area contributed by atoms with Crippen molar-refractivity contribution in [2.45, 2.75) is 32.2 Å². The summed E-state index contributed by atoms with van der Waals surface area (Å²) < 4.78 is 0. The van der Waals surface area contributed by atoms with Crippen LogP contribution in [0.15, 0.2) is 30.3 Å². The third-order valence-corrected chi connectivity index (χ3v) is 2.67. The van der Waals surface area contributed by atoms with Crippen molar-refractivity contribution in [1.29, 1.82) is 0 Å². The zero-order valence-corrected chi connectivity index (χ0v) is 9.32. The first kappa shape index (κ1) is 10.7. The highest BCUT2D eigenvalue weighted by molar-refractivity contribution is 7.13. The third-order valence-electron chi connectivity index (χ3n) is 2.20. The van der Waals surface area contributed by atoms with E-state index in [1.807, 2.05) is 0 Å². The van der Waals surface area contributed by atoms with Crippen molar-refractivity contribution < 1.29 is 0 Å². The van der Waals surface area contributed by atoms with Crippen LogP contribution in [0, 0.1) is 0 Å². The van der Waals surface area contributed by atoms with Crippen LogP contribution in [0.25, 0.3) is 0 Å². The van der Waals surface area contributed by atoms with Crippen LogP contribution in [0.4, 0.5) is 0 Å². The molecule has 0 bridgehead atoms. The SMILES string of the molecule is CCC[C@H](Cc1ccccc1)NP. The Balaban J connectivity index is 2.46. The summed E-state index contributed by atoms with van der Waals surface area (Å²) in [6.45, 7) is 2.22. The fourth-order valence-electron chi connectivity index (χ4n) is 1.49. The standard InChI is InChI=1S/C11H18NP/c1-2-6-11(12-13)9-10-7-4-3-5-8-10/h3-5,7-8,11-12H,2,6,9,13H2,1H3/t11-/m1/s1. The van der Waals surface area contributed by atoms with Gasteiger partial charge in [-0.1, -0.05) is 53.1 Å². The van der Waals surface area contributed by atoms with Gasteiger partial charge in [-0.25, -0.2) is 0 Å². The van der Waals surface area contributed by atoms with Crippen LogP contribution in [0.2, 0.25) is 0 Å². The highest BCUT2D eigenvalue weighted by Crippen LogP contribution is 2.08. The van der Waals surface area contributed by atoms with Crippen LogP contribution in [0.3, 0.4) is 0 Å². The summed E-state index contributed by atoms with van der Waals surface area (Å²) in [5, 5.41) is 3.27. The van der Waals surface area contributed by atoms with Gasteiger partial charge in [-0.05, 0) is 18.4 Å². The lowest BCUT2D eigenvalue weighted by Crippen LogP contribution is -2.22. The molecule has 0 aliphatic heterocycles. The second-order valence-electron chi connectivity index (χ2n) is 3.34. The Morgan fingerprint density at radius 1 is 1.31 bits per heavy atom. The fourth-order valence-corrected chi connectivity index (χ4v) is 1.78. The number of hydrogen-bond donors (Lipinski definition) is 1. The van der Waals surface area contributed by atoms with E-state index >= 15 is 0 Å². The highest BCUT2D eigenvalue weighted by atomic mass is 31.0. The predicted molar refractivity (Wildman–Crippen MR) is 61.7 cm³/mol. The number of benzene rings is 1. The molecule has 0 aliphatic carbocycles. The molecule has 2 atom stereocenters. The van der Waals surface area contributed by atoms with Gasteiger partial charge in [-0.3, -0.25) is 5.09 Å². The molecule has 1 unspecified atom stereocenters. The topological polar surface area (TPSA) is 12.0 Å². The number of rotatable bonds is 5. The van der Waals surface area contributed by atoms with Gasteiger partial charge < -0.3 is 0 Å². The zero-order chi connectivity index (χ0) is 9.52. The molecule has 0 heterocycles. The van der Waals surface area contributed by atoms with Crippen LogP contribution in [0.5, 0.6) is 0 Å². The van der Waals surface area contributed by atoms with Crippen molar-refractivity contribution in [3.05, 3.63) is 35.9 Å². The normalized spacial score (nSPS) is 12.8. The summed E-state index contributed by atoms with van der Waals surface area (Å²) in [5.41, 5.74) is 1.41. The van der Waals surface area contributed by atoms with E-state index in [1.54, 1.807) is 0 Å². The Morgan fingerprint density at radius 3 is 2.54 bits per heavy atom. The Kier molecular flexibility index (Phi) is 5.03. The van der Waals surface area contributed by atoms with E-state index in [0.29, 0.717) is 6.04 Å². The zero-order valence-electron chi connectivity index (χ0n) is 8.16. The van der Waals surface area contributed by atoms with Crippen LogP contribution in [0.1, 0.15) is 25.3 Å². The Labute approximate surface area is 83.2 Å². The summed E-state index contributed by atoms with van der Waals surface area (Å²) in [6, 6.07) is 11.2. The first-order valence-corrected chi connectivity index (χ1v) is 5.44. The first-order valence-electron chi connectivity index (χ1n) is 4.87. The van der Waals surface area contributed by atoms with E-state index in [-0.39, 0.29) is 0 Å². The summed E-state index contributed by atoms with van der Waals surface area (Å²) in [7, 11) is 2.61. The number of nitrogens with one attached hydrogen (secondary N) is 1. The minimum Gasteiger partial charge on any atom is -0.297 e. The maximum atomic E-state index is 3.27. The smallest absolute Gasteiger partial charge is 0.0139 e. The van der Waals surface area contributed by atoms with Crippen LogP contribution >= 0.6 is 9.39 Å². The van der Waals surface area contributed by atoms with Crippen molar-refractivity contribution >= 4 is 9.39 Å². The average Bonchev–Trinajstić information content (AvgIpc) is 2.19. The molecule has 72 valence electrons. The van der Waals surface area contributed by atoms with E-state index in [9.17, 15) is 0 Å². The summed E-state index contributed by atoms with van der Waals surface area (Å²) in [6.07, 6.45) is 3.59. The molecule has 1 aromatic rings. The second-order valence-corrected chi connectivity index (χ2v) is 3.68. The maximum absolute atomic E-state index is 3.27. The van der Waals surface area contributed by atoms with Gasteiger partial charge in [0.25, 0.3) is 0 Å². The van der Waals surface area contributed by atoms with Gasteiger partial charge in [0.2, 0.25) is 0 Å². The summed E-state index contributed by atoms with van der Waals surface area (Å²) >= 11 is 0. The Morgan fingerprint density at radius 2 is 2.00 bits per heavy atom. The molecule has 0 aromatic heterocycles. The Bertz CT molecular complexity index is 223. The lowest BCUT2D eigenvalue weighted by atomic mass is 10.0. The van der Waals surface area contributed by atoms with Crippen molar-refractivity contribution in [2.75, 3.05) is 0 Å². The molecule has 2 heteroatoms. The maximum Gasteiger partial charge on any atom is 0.0139 e. The molecule has 1 aromatic carbocycles. The molecule has 0 spiro atoms. The molecular formula is C11H18NP. The summed E-state index contributed by atoms with van der Waals surface area (Å²) in [4.78, 5) is 0. The molecule has 1 rings (SSSR count). The van der Waals surface area contributed by atoms with Gasteiger partial charge in [0.05, 0.1) is 0 Å². The van der Waals surface area contributed by atoms with Gasteiger partial charge in [-0.2, -0.15) is 0 Å². The van der Waals surface area contributed by atoms with Gasteiger partial charge in [0.1, 0.15) is 0 Å². The van der Waals surface area contributed by atoms with E-state index < -0.39 is 0 Å². The monoisotopic (exact) mass is 195 g/mol. The van der Waals surface area contributed by atoms with Gasteiger partial charge in [0.15, 0.2) is 0 Å². The molecule has 0 aliphatic rings. The minimum atomic E-state index is 0.595. The predicted octanol–water partition coefficient (Wildman–Crippen LogP) is 2.78. The van der Waals surface area contributed by atoms with Crippen LogP contribution in [-0.2, 0) is 6.42 Å². The van der Waals surface area contributed by atoms with Crippen molar-refractivity contribution in [1.82, 2.24) is 5.09 Å². The van der Waals surface area contributed by atoms with Crippen LogP contribution < -0.4 is 5.09 Å². The lowest BCUT2D eigenvalue weighted by molar-refractivity contribution is 0.567. The average molecular weight is 195 g/mol.